The minimum atomic E-state index is -0.398. The maximum atomic E-state index is 13.7. The highest BCUT2D eigenvalue weighted by atomic mass is 16.5. The average molecular weight is 509 g/mol. The Labute approximate surface area is 219 Å². The predicted octanol–water partition coefficient (Wildman–Crippen LogP) is 6.12. The number of allylic oxidation sites excluding steroid dienone is 1. The van der Waals surface area contributed by atoms with Gasteiger partial charge in [0.25, 0.3) is 0 Å². The lowest BCUT2D eigenvalue weighted by atomic mass is 9.98. The number of hydrogen-bond donors (Lipinski definition) is 1. The topological polar surface area (TPSA) is 86.7 Å². The molecule has 0 unspecified atom stereocenters. The van der Waals surface area contributed by atoms with Crippen LogP contribution >= 0.6 is 0 Å². The van der Waals surface area contributed by atoms with Gasteiger partial charge < -0.3 is 19.0 Å². The van der Waals surface area contributed by atoms with E-state index in [2.05, 4.69) is 6.58 Å². The van der Waals surface area contributed by atoms with Crippen LogP contribution in [0, 0.1) is 12.8 Å². The van der Waals surface area contributed by atoms with Crippen LogP contribution in [-0.4, -0.2) is 29.1 Å². The number of phenols is 1. The number of methoxy groups -OCH3 is 2. The molecule has 0 saturated heterocycles. The van der Waals surface area contributed by atoms with Crippen LogP contribution in [0.5, 0.6) is 17.2 Å². The quantitative estimate of drug-likeness (QED) is 0.288. The first-order valence-electron chi connectivity index (χ1n) is 12.5. The van der Waals surface area contributed by atoms with Crippen LogP contribution in [0.25, 0.3) is 38.9 Å². The van der Waals surface area contributed by atoms with Crippen LogP contribution < -0.4 is 15.0 Å². The van der Waals surface area contributed by atoms with Gasteiger partial charge in [-0.25, -0.2) is 0 Å². The van der Waals surface area contributed by atoms with Crippen molar-refractivity contribution in [2.24, 2.45) is 5.92 Å². The molecule has 0 radical (unpaired) electrons. The molecule has 2 aromatic heterocycles. The number of fused-ring (bicyclic) bond motifs is 4. The molecule has 7 nitrogen and oxygen atoms in total. The van der Waals surface area contributed by atoms with Crippen molar-refractivity contribution < 1.29 is 19.0 Å². The van der Waals surface area contributed by atoms with Crippen molar-refractivity contribution in [1.29, 1.82) is 0 Å². The summed E-state index contributed by atoms with van der Waals surface area (Å²) in [6, 6.07) is 14.9. The average Bonchev–Trinajstić information content (AvgIpc) is 3.52. The molecular formula is C31H28N2O5. The van der Waals surface area contributed by atoms with Crippen LogP contribution in [0.2, 0.25) is 0 Å². The Hall–Kier alpha value is -4.52. The zero-order chi connectivity index (χ0) is 26.7. The first-order chi connectivity index (χ1) is 18.3. The van der Waals surface area contributed by atoms with E-state index < -0.39 is 5.56 Å². The van der Waals surface area contributed by atoms with Crippen molar-refractivity contribution in [2.45, 2.75) is 26.7 Å². The molecule has 0 amide bonds. The van der Waals surface area contributed by atoms with E-state index in [-0.39, 0.29) is 17.3 Å². The minimum Gasteiger partial charge on any atom is -0.507 e. The lowest BCUT2D eigenvalue weighted by Crippen LogP contribution is -2.21. The van der Waals surface area contributed by atoms with E-state index in [1.165, 1.54) is 4.68 Å². The van der Waals surface area contributed by atoms with Gasteiger partial charge in [0, 0.05) is 17.0 Å². The molecule has 0 saturated carbocycles. The number of hydrogen-bond acceptors (Lipinski definition) is 6. The third-order valence-electron chi connectivity index (χ3n) is 7.54. The number of furan rings is 1. The summed E-state index contributed by atoms with van der Waals surface area (Å²) in [5, 5.41) is 17.5. The largest absolute Gasteiger partial charge is 0.507 e. The molecule has 192 valence electrons. The first kappa shape index (κ1) is 23.9. The highest BCUT2D eigenvalue weighted by Gasteiger charge is 2.29. The summed E-state index contributed by atoms with van der Waals surface area (Å²) in [6.07, 6.45) is 1.55. The van der Waals surface area contributed by atoms with E-state index in [1.807, 2.05) is 50.2 Å². The summed E-state index contributed by atoms with van der Waals surface area (Å²) in [6.45, 7) is 8.13. The van der Waals surface area contributed by atoms with E-state index in [0.717, 1.165) is 28.7 Å². The van der Waals surface area contributed by atoms with Gasteiger partial charge in [0.1, 0.15) is 17.0 Å². The van der Waals surface area contributed by atoms with Gasteiger partial charge in [-0.3, -0.25) is 4.79 Å². The smallest absolute Gasteiger partial charge is 0.315 e. The zero-order valence-corrected chi connectivity index (χ0v) is 21.8. The summed E-state index contributed by atoms with van der Waals surface area (Å²) >= 11 is 0. The van der Waals surface area contributed by atoms with Gasteiger partial charge in [-0.2, -0.15) is 9.78 Å². The third-order valence-corrected chi connectivity index (χ3v) is 7.54. The Bertz CT molecular complexity index is 1810. The lowest BCUT2D eigenvalue weighted by Gasteiger charge is -2.13. The Morgan fingerprint density at radius 2 is 1.79 bits per heavy atom. The second-order valence-corrected chi connectivity index (χ2v) is 9.96. The molecule has 1 aliphatic rings. The maximum absolute atomic E-state index is 13.7. The van der Waals surface area contributed by atoms with Crippen LogP contribution in [0.15, 0.2) is 69.9 Å². The Morgan fingerprint density at radius 1 is 1.08 bits per heavy atom. The van der Waals surface area contributed by atoms with Crippen LogP contribution in [0.4, 0.5) is 0 Å². The lowest BCUT2D eigenvalue weighted by molar-refractivity contribution is 0.355. The molecule has 0 fully saturated rings. The van der Waals surface area contributed by atoms with Gasteiger partial charge in [0.05, 0.1) is 25.3 Å². The van der Waals surface area contributed by atoms with Gasteiger partial charge in [0.15, 0.2) is 11.5 Å². The Morgan fingerprint density at radius 3 is 2.47 bits per heavy atom. The number of ether oxygens (including phenoxy) is 2. The van der Waals surface area contributed by atoms with E-state index in [9.17, 15) is 9.90 Å². The fourth-order valence-electron chi connectivity index (χ4n) is 5.37. The van der Waals surface area contributed by atoms with Crippen molar-refractivity contribution >= 4 is 21.9 Å². The number of phenolic OH excluding ortho intramolecular Hbond substituents is 1. The molecule has 0 spiro atoms. The monoisotopic (exact) mass is 508 g/mol. The summed E-state index contributed by atoms with van der Waals surface area (Å²) in [5.41, 5.74) is 5.94. The van der Waals surface area contributed by atoms with Crippen molar-refractivity contribution in [2.75, 3.05) is 14.2 Å². The number of rotatable bonds is 5. The molecule has 1 atom stereocenters. The number of aryl methyl sites for hydroxylation is 1. The SMILES string of the molecule is C=C(C)[C@@H]1Cc2ccc(-c3nn(-c4ccc(C)cc4)c(=O)c4oc5cc(OC)c(OC)cc5c34)c(O)c2C1. The summed E-state index contributed by atoms with van der Waals surface area (Å²) in [4.78, 5) is 13.7. The van der Waals surface area contributed by atoms with E-state index in [0.29, 0.717) is 51.2 Å². The maximum Gasteiger partial charge on any atom is 0.315 e. The van der Waals surface area contributed by atoms with Gasteiger partial charge >= 0.3 is 5.56 Å². The molecule has 6 rings (SSSR count). The molecule has 1 aliphatic carbocycles. The molecule has 2 heterocycles. The molecule has 3 aromatic carbocycles. The number of aromatic nitrogens is 2. The second kappa shape index (κ2) is 8.80. The normalized spacial score (nSPS) is 14.7. The van der Waals surface area contributed by atoms with Gasteiger partial charge in [-0.15, -0.1) is 0 Å². The van der Waals surface area contributed by atoms with Gasteiger partial charge in [-0.05, 0) is 68.0 Å². The van der Waals surface area contributed by atoms with Crippen LogP contribution in [-0.2, 0) is 12.8 Å². The first-order valence-corrected chi connectivity index (χ1v) is 12.5. The number of benzene rings is 3. The Kier molecular flexibility index (Phi) is 5.52. The Balaban J connectivity index is 1.70. The van der Waals surface area contributed by atoms with Crippen molar-refractivity contribution in [1.82, 2.24) is 9.78 Å². The minimum absolute atomic E-state index is 0.139. The van der Waals surface area contributed by atoms with E-state index in [1.54, 1.807) is 26.4 Å². The van der Waals surface area contributed by atoms with Gasteiger partial charge in [0.2, 0.25) is 5.58 Å². The van der Waals surface area contributed by atoms with E-state index in [4.69, 9.17) is 19.0 Å². The molecule has 1 N–H and O–H groups in total. The molecular weight excluding hydrogens is 480 g/mol. The number of aromatic hydroxyl groups is 1. The van der Waals surface area contributed by atoms with Gasteiger partial charge in [-0.1, -0.05) is 35.9 Å². The molecule has 38 heavy (non-hydrogen) atoms. The molecule has 0 bridgehead atoms. The molecule has 0 aliphatic heterocycles. The fourth-order valence-corrected chi connectivity index (χ4v) is 5.37. The second-order valence-electron chi connectivity index (χ2n) is 9.96. The molecule has 5 aromatic rings. The zero-order valence-electron chi connectivity index (χ0n) is 21.8. The standard InChI is InChI=1S/C31H28N2O5/c1-16(2)19-12-18-8-11-21(29(34)22(18)13-19)28-27-23-14-25(36-4)26(37-5)15-24(23)38-30(27)31(35)33(32-28)20-9-6-17(3)7-10-20/h6-11,14-15,19,34H,1,12-13H2,2-5H3/t19-/m1/s1. The molecule has 7 heteroatoms. The van der Waals surface area contributed by atoms with Crippen molar-refractivity contribution in [3.8, 4) is 34.2 Å². The number of nitrogens with zero attached hydrogens (tertiary/aromatic N) is 2. The third kappa shape index (κ3) is 3.57. The summed E-state index contributed by atoms with van der Waals surface area (Å²) in [5.74, 6) is 1.44. The van der Waals surface area contributed by atoms with Crippen LogP contribution in [0.3, 0.4) is 0 Å². The fraction of sp³-hybridized carbons (Fsp3) is 0.226. The van der Waals surface area contributed by atoms with Crippen molar-refractivity contribution in [3.05, 3.63) is 87.7 Å². The van der Waals surface area contributed by atoms with Crippen LogP contribution in [0.1, 0.15) is 23.6 Å². The highest BCUT2D eigenvalue weighted by Crippen LogP contribution is 2.45. The highest BCUT2D eigenvalue weighted by molar-refractivity contribution is 6.12. The van der Waals surface area contributed by atoms with Crippen molar-refractivity contribution in [3.63, 3.8) is 0 Å². The summed E-state index contributed by atoms with van der Waals surface area (Å²) in [7, 11) is 3.10. The summed E-state index contributed by atoms with van der Waals surface area (Å²) < 4.78 is 18.5. The van der Waals surface area contributed by atoms with E-state index >= 15 is 0 Å². The predicted molar refractivity (Wildman–Crippen MR) is 148 cm³/mol.